The Hall–Kier alpha value is -2.74. The second-order valence-corrected chi connectivity index (χ2v) is 7.84. The number of carbonyl (C=O) groups excluding carboxylic acids is 2. The number of piperidine rings is 1. The zero-order valence-corrected chi connectivity index (χ0v) is 16.0. The van der Waals surface area contributed by atoms with E-state index in [2.05, 4.69) is 20.2 Å². The smallest absolute Gasteiger partial charge is 0.275 e. The summed E-state index contributed by atoms with van der Waals surface area (Å²) >= 11 is 0. The molecule has 2 fully saturated rings. The number of aromatic nitrogens is 2. The fourth-order valence-electron chi connectivity index (χ4n) is 4.39. The minimum Gasteiger partial charge on any atom is -0.451 e. The van der Waals surface area contributed by atoms with Crippen molar-refractivity contribution in [1.29, 1.82) is 0 Å². The van der Waals surface area contributed by atoms with Crippen LogP contribution >= 0.6 is 0 Å². The Labute approximate surface area is 163 Å². The van der Waals surface area contributed by atoms with E-state index in [0.717, 1.165) is 31.5 Å². The summed E-state index contributed by atoms with van der Waals surface area (Å²) in [5.41, 5.74) is 1.29. The molecule has 1 spiro atoms. The van der Waals surface area contributed by atoms with Crippen molar-refractivity contribution in [2.75, 3.05) is 26.7 Å². The number of carbonyl (C=O) groups is 2. The monoisotopic (exact) mass is 383 g/mol. The van der Waals surface area contributed by atoms with Gasteiger partial charge in [-0.25, -0.2) is 4.98 Å². The molecule has 1 atom stereocenters. The molecule has 2 aromatic heterocycles. The Morgan fingerprint density at radius 1 is 1.29 bits per heavy atom. The van der Waals surface area contributed by atoms with E-state index in [9.17, 15) is 9.59 Å². The predicted molar refractivity (Wildman–Crippen MR) is 101 cm³/mol. The van der Waals surface area contributed by atoms with Crippen molar-refractivity contribution >= 4 is 11.8 Å². The highest BCUT2D eigenvalue weighted by atomic mass is 16.3. The van der Waals surface area contributed by atoms with E-state index in [1.807, 2.05) is 30.1 Å². The number of oxazole rings is 1. The van der Waals surface area contributed by atoms with Crippen LogP contribution in [-0.2, 0) is 11.3 Å². The maximum Gasteiger partial charge on any atom is 0.275 e. The van der Waals surface area contributed by atoms with Gasteiger partial charge >= 0.3 is 0 Å². The Balaban J connectivity index is 1.32. The van der Waals surface area contributed by atoms with Gasteiger partial charge in [0.05, 0.1) is 18.3 Å². The van der Waals surface area contributed by atoms with Crippen LogP contribution in [0, 0.1) is 5.41 Å². The highest BCUT2D eigenvalue weighted by Gasteiger charge is 2.47. The van der Waals surface area contributed by atoms with Crippen LogP contribution < -0.4 is 5.32 Å². The minimum atomic E-state index is -0.137. The molecule has 0 saturated carbocycles. The van der Waals surface area contributed by atoms with E-state index in [1.165, 1.54) is 12.7 Å². The molecule has 2 aliphatic rings. The van der Waals surface area contributed by atoms with Crippen LogP contribution in [0.3, 0.4) is 0 Å². The Morgan fingerprint density at radius 3 is 2.79 bits per heavy atom. The van der Waals surface area contributed by atoms with Crippen molar-refractivity contribution in [2.24, 2.45) is 5.41 Å². The molecule has 4 heterocycles. The molecule has 8 nitrogen and oxygen atoms in total. The number of likely N-dealkylation sites (N-methyl/N-ethyl adjacent to an activating group) is 1. The number of nitrogens with zero attached hydrogens (tertiary/aromatic N) is 4. The first-order valence-corrected chi connectivity index (χ1v) is 9.62. The van der Waals surface area contributed by atoms with Gasteiger partial charge < -0.3 is 14.6 Å². The molecule has 0 radical (unpaired) electrons. The van der Waals surface area contributed by atoms with Gasteiger partial charge in [0.25, 0.3) is 5.91 Å². The molecule has 4 rings (SSSR count). The number of amides is 2. The molecular weight excluding hydrogens is 358 g/mol. The number of hydrogen-bond acceptors (Lipinski definition) is 6. The van der Waals surface area contributed by atoms with Gasteiger partial charge in [0, 0.05) is 25.8 Å². The van der Waals surface area contributed by atoms with Gasteiger partial charge in [-0.3, -0.25) is 19.5 Å². The Morgan fingerprint density at radius 2 is 2.11 bits per heavy atom. The number of likely N-dealkylation sites (tertiary alicyclic amines) is 2. The van der Waals surface area contributed by atoms with E-state index in [4.69, 9.17) is 4.42 Å². The van der Waals surface area contributed by atoms with Crippen molar-refractivity contribution in [3.8, 4) is 0 Å². The van der Waals surface area contributed by atoms with Crippen LogP contribution in [0.1, 0.15) is 35.4 Å². The fourth-order valence-corrected chi connectivity index (χ4v) is 4.39. The normalized spacial score (nSPS) is 21.8. The quantitative estimate of drug-likeness (QED) is 0.856. The summed E-state index contributed by atoms with van der Waals surface area (Å²) in [6.07, 6.45) is 7.00. The lowest BCUT2D eigenvalue weighted by molar-refractivity contribution is -0.125. The molecule has 2 amide bonds. The van der Waals surface area contributed by atoms with Gasteiger partial charge in [0.1, 0.15) is 6.26 Å². The zero-order valence-electron chi connectivity index (χ0n) is 16.0. The lowest BCUT2D eigenvalue weighted by atomic mass is 9.76. The molecular formula is C20H25N5O3. The standard InChI is InChI=1S/C20H25N5O3/c1-24-13-20(5-8-25(9-6-20)19(27)16-12-28-14-23-16)10-17(24)18(26)22-11-15-4-2-3-7-21-15/h2-4,7,12,14,17H,5-6,8-11,13H2,1H3,(H,22,26). The molecule has 28 heavy (non-hydrogen) atoms. The molecule has 0 bridgehead atoms. The summed E-state index contributed by atoms with van der Waals surface area (Å²) in [7, 11) is 2.01. The van der Waals surface area contributed by atoms with Crippen molar-refractivity contribution in [3.63, 3.8) is 0 Å². The van der Waals surface area contributed by atoms with E-state index >= 15 is 0 Å². The highest BCUT2D eigenvalue weighted by molar-refractivity contribution is 5.92. The third-order valence-electron chi connectivity index (χ3n) is 5.98. The molecule has 0 aliphatic carbocycles. The number of nitrogens with one attached hydrogen (secondary N) is 1. The van der Waals surface area contributed by atoms with Crippen molar-refractivity contribution in [2.45, 2.75) is 31.8 Å². The summed E-state index contributed by atoms with van der Waals surface area (Å²) in [5.74, 6) is -0.0364. The third kappa shape index (κ3) is 3.77. The van der Waals surface area contributed by atoms with Crippen LogP contribution in [0.4, 0.5) is 0 Å². The highest BCUT2D eigenvalue weighted by Crippen LogP contribution is 2.43. The van der Waals surface area contributed by atoms with Crippen LogP contribution in [-0.4, -0.2) is 64.3 Å². The molecule has 2 saturated heterocycles. The summed E-state index contributed by atoms with van der Waals surface area (Å²) in [6, 6.07) is 5.54. The molecule has 1 unspecified atom stereocenters. The van der Waals surface area contributed by atoms with E-state index in [-0.39, 0.29) is 23.3 Å². The maximum absolute atomic E-state index is 12.7. The van der Waals surface area contributed by atoms with E-state index in [0.29, 0.717) is 25.3 Å². The lowest BCUT2D eigenvalue weighted by Crippen LogP contribution is -2.44. The first-order valence-electron chi connectivity index (χ1n) is 9.62. The van der Waals surface area contributed by atoms with Crippen LogP contribution in [0.15, 0.2) is 41.5 Å². The van der Waals surface area contributed by atoms with Gasteiger partial charge in [-0.05, 0) is 43.9 Å². The van der Waals surface area contributed by atoms with Crippen molar-refractivity contribution in [3.05, 3.63) is 48.4 Å². The largest absolute Gasteiger partial charge is 0.451 e. The van der Waals surface area contributed by atoms with Gasteiger partial charge in [0.15, 0.2) is 12.1 Å². The molecule has 1 N–H and O–H groups in total. The summed E-state index contributed by atoms with van der Waals surface area (Å²) in [6.45, 7) is 2.68. The first kappa shape index (κ1) is 18.6. The summed E-state index contributed by atoms with van der Waals surface area (Å²) in [5, 5.41) is 3.01. The molecule has 0 aromatic carbocycles. The van der Waals surface area contributed by atoms with Crippen molar-refractivity contribution in [1.82, 2.24) is 25.1 Å². The Kier molecular flexibility index (Phi) is 5.13. The average molecular weight is 383 g/mol. The molecule has 148 valence electrons. The molecule has 8 heteroatoms. The third-order valence-corrected chi connectivity index (χ3v) is 5.98. The van der Waals surface area contributed by atoms with E-state index < -0.39 is 0 Å². The lowest BCUT2D eigenvalue weighted by Gasteiger charge is -2.39. The van der Waals surface area contributed by atoms with Crippen LogP contribution in [0.25, 0.3) is 0 Å². The first-order chi connectivity index (χ1) is 13.6. The number of pyridine rings is 1. The van der Waals surface area contributed by atoms with Gasteiger partial charge in [-0.15, -0.1) is 0 Å². The SMILES string of the molecule is CN1CC2(CCN(C(=O)c3cocn3)CC2)CC1C(=O)NCc1ccccn1. The second-order valence-electron chi connectivity index (χ2n) is 7.84. The van der Waals surface area contributed by atoms with Crippen LogP contribution in [0.2, 0.25) is 0 Å². The van der Waals surface area contributed by atoms with Gasteiger partial charge in [-0.1, -0.05) is 6.07 Å². The Bertz CT molecular complexity index is 816. The van der Waals surface area contributed by atoms with E-state index in [1.54, 1.807) is 6.20 Å². The van der Waals surface area contributed by atoms with Gasteiger partial charge in [0.2, 0.25) is 5.91 Å². The number of hydrogen-bond donors (Lipinski definition) is 1. The summed E-state index contributed by atoms with van der Waals surface area (Å²) < 4.78 is 4.91. The topological polar surface area (TPSA) is 91.6 Å². The molecule has 2 aromatic rings. The second kappa shape index (κ2) is 7.71. The fraction of sp³-hybridized carbons (Fsp3) is 0.500. The van der Waals surface area contributed by atoms with Crippen molar-refractivity contribution < 1.29 is 14.0 Å². The van der Waals surface area contributed by atoms with Crippen LogP contribution in [0.5, 0.6) is 0 Å². The summed E-state index contributed by atoms with van der Waals surface area (Å²) in [4.78, 5) is 37.3. The minimum absolute atomic E-state index is 0.0473. The molecule has 2 aliphatic heterocycles. The van der Waals surface area contributed by atoms with Gasteiger partial charge in [-0.2, -0.15) is 0 Å². The maximum atomic E-state index is 12.7. The average Bonchev–Trinajstić information content (AvgIpc) is 3.36. The predicted octanol–water partition coefficient (Wildman–Crippen LogP) is 1.31. The number of rotatable bonds is 4. The zero-order chi connectivity index (χ0) is 19.6.